The van der Waals surface area contributed by atoms with Crippen molar-refractivity contribution in [1.82, 2.24) is 10.2 Å². The number of nitrogens with zero attached hydrogens (tertiary/aromatic N) is 1. The number of carbonyl (C=O) groups is 1. The summed E-state index contributed by atoms with van der Waals surface area (Å²) in [5.41, 5.74) is 0.593. The summed E-state index contributed by atoms with van der Waals surface area (Å²) in [6.07, 6.45) is 4.31. The molecule has 1 aliphatic rings. The van der Waals surface area contributed by atoms with Crippen LogP contribution in [0.4, 0.5) is 0 Å². The number of likely N-dealkylation sites (tertiary alicyclic amines) is 1. The number of furan rings is 1. The zero-order chi connectivity index (χ0) is 13.0. The van der Waals surface area contributed by atoms with Gasteiger partial charge in [-0.15, -0.1) is 0 Å². The van der Waals surface area contributed by atoms with Crippen LogP contribution in [0.2, 0.25) is 0 Å². The second kappa shape index (κ2) is 6.05. The predicted octanol–water partition coefficient (Wildman–Crippen LogP) is 1.99. The highest BCUT2D eigenvalue weighted by Gasteiger charge is 2.21. The molecule has 0 spiro atoms. The van der Waals surface area contributed by atoms with E-state index < -0.39 is 0 Å². The standard InChI is InChI=1S/C14H22N2O2/c1-11-7-12(2)9-16(8-11)5-4-15-14(17)13-3-6-18-10-13/h3,6,10-12H,4-5,7-9H2,1-2H3,(H,15,17). The molecule has 1 saturated heterocycles. The Labute approximate surface area is 108 Å². The predicted molar refractivity (Wildman–Crippen MR) is 70.4 cm³/mol. The lowest BCUT2D eigenvalue weighted by Crippen LogP contribution is -2.42. The van der Waals surface area contributed by atoms with Crippen LogP contribution in [0.25, 0.3) is 0 Å². The van der Waals surface area contributed by atoms with E-state index in [1.165, 1.54) is 18.9 Å². The van der Waals surface area contributed by atoms with Crippen LogP contribution in [0, 0.1) is 11.8 Å². The maximum Gasteiger partial charge on any atom is 0.254 e. The quantitative estimate of drug-likeness (QED) is 0.889. The Balaban J connectivity index is 1.70. The van der Waals surface area contributed by atoms with Crippen molar-refractivity contribution in [1.29, 1.82) is 0 Å². The molecule has 1 aromatic heterocycles. The van der Waals surface area contributed by atoms with Gasteiger partial charge in [-0.25, -0.2) is 0 Å². The first-order chi connectivity index (χ1) is 8.65. The molecule has 1 aliphatic heterocycles. The summed E-state index contributed by atoms with van der Waals surface area (Å²) in [6, 6.07) is 1.68. The lowest BCUT2D eigenvalue weighted by atomic mass is 9.92. The number of hydrogen-bond donors (Lipinski definition) is 1. The molecule has 2 unspecified atom stereocenters. The number of piperidine rings is 1. The summed E-state index contributed by atoms with van der Waals surface area (Å²) in [7, 11) is 0. The molecule has 4 heteroatoms. The van der Waals surface area contributed by atoms with Gasteiger partial charge in [-0.2, -0.15) is 0 Å². The molecular formula is C14H22N2O2. The summed E-state index contributed by atoms with van der Waals surface area (Å²) in [4.78, 5) is 14.1. The van der Waals surface area contributed by atoms with Crippen LogP contribution in [-0.4, -0.2) is 37.0 Å². The van der Waals surface area contributed by atoms with Crippen LogP contribution in [0.3, 0.4) is 0 Å². The maximum absolute atomic E-state index is 11.7. The van der Waals surface area contributed by atoms with E-state index in [2.05, 4.69) is 24.1 Å². The van der Waals surface area contributed by atoms with E-state index in [4.69, 9.17) is 4.42 Å². The lowest BCUT2D eigenvalue weighted by molar-refractivity contribution is 0.0936. The van der Waals surface area contributed by atoms with Gasteiger partial charge in [0.05, 0.1) is 11.8 Å². The summed E-state index contributed by atoms with van der Waals surface area (Å²) in [5.74, 6) is 1.47. The van der Waals surface area contributed by atoms with Crippen molar-refractivity contribution in [2.45, 2.75) is 20.3 Å². The fourth-order valence-electron chi connectivity index (χ4n) is 2.80. The van der Waals surface area contributed by atoms with Crippen molar-refractivity contribution in [3.05, 3.63) is 24.2 Å². The van der Waals surface area contributed by atoms with E-state index in [1.54, 1.807) is 6.07 Å². The first kappa shape index (κ1) is 13.1. The van der Waals surface area contributed by atoms with Gasteiger partial charge in [-0.1, -0.05) is 13.8 Å². The maximum atomic E-state index is 11.7. The third-order valence-corrected chi connectivity index (χ3v) is 3.44. The molecule has 2 rings (SSSR count). The average molecular weight is 250 g/mol. The van der Waals surface area contributed by atoms with E-state index in [9.17, 15) is 4.79 Å². The van der Waals surface area contributed by atoms with Crippen molar-refractivity contribution in [2.24, 2.45) is 11.8 Å². The van der Waals surface area contributed by atoms with Gasteiger partial charge < -0.3 is 14.6 Å². The van der Waals surface area contributed by atoms with Crippen LogP contribution < -0.4 is 5.32 Å². The van der Waals surface area contributed by atoms with Crippen LogP contribution in [0.15, 0.2) is 23.0 Å². The SMILES string of the molecule is CC1CC(C)CN(CCNC(=O)c2ccoc2)C1. The van der Waals surface area contributed by atoms with E-state index >= 15 is 0 Å². The molecule has 4 nitrogen and oxygen atoms in total. The normalized spacial score (nSPS) is 25.0. The Morgan fingerprint density at radius 2 is 2.17 bits per heavy atom. The molecule has 1 fully saturated rings. The molecule has 2 atom stereocenters. The topological polar surface area (TPSA) is 45.5 Å². The summed E-state index contributed by atoms with van der Waals surface area (Å²) in [5, 5.41) is 2.92. The molecule has 0 bridgehead atoms. The van der Waals surface area contributed by atoms with E-state index in [1.807, 2.05) is 0 Å². The summed E-state index contributed by atoms with van der Waals surface area (Å²) >= 11 is 0. The van der Waals surface area contributed by atoms with Crippen molar-refractivity contribution >= 4 is 5.91 Å². The molecule has 0 saturated carbocycles. The minimum absolute atomic E-state index is 0.0538. The van der Waals surface area contributed by atoms with Crippen LogP contribution >= 0.6 is 0 Å². The molecule has 1 N–H and O–H groups in total. The highest BCUT2D eigenvalue weighted by molar-refractivity contribution is 5.93. The van der Waals surface area contributed by atoms with E-state index in [0.29, 0.717) is 12.1 Å². The van der Waals surface area contributed by atoms with Crippen molar-refractivity contribution in [2.75, 3.05) is 26.2 Å². The number of hydrogen-bond acceptors (Lipinski definition) is 3. The smallest absolute Gasteiger partial charge is 0.254 e. The Morgan fingerprint density at radius 3 is 2.78 bits per heavy atom. The molecule has 2 heterocycles. The minimum Gasteiger partial charge on any atom is -0.472 e. The fourth-order valence-corrected chi connectivity index (χ4v) is 2.80. The number of nitrogens with one attached hydrogen (secondary N) is 1. The van der Waals surface area contributed by atoms with Gasteiger partial charge >= 0.3 is 0 Å². The van der Waals surface area contributed by atoms with Crippen molar-refractivity contribution in [3.8, 4) is 0 Å². The van der Waals surface area contributed by atoms with Crippen molar-refractivity contribution in [3.63, 3.8) is 0 Å². The van der Waals surface area contributed by atoms with Gasteiger partial charge in [0.15, 0.2) is 0 Å². The molecule has 0 aliphatic carbocycles. The largest absolute Gasteiger partial charge is 0.472 e. The first-order valence-corrected chi connectivity index (χ1v) is 6.68. The Bertz CT molecular complexity index is 365. The monoisotopic (exact) mass is 250 g/mol. The van der Waals surface area contributed by atoms with E-state index in [0.717, 1.165) is 31.5 Å². The summed E-state index contributed by atoms with van der Waals surface area (Å²) in [6.45, 7) is 8.51. The fraction of sp³-hybridized carbons (Fsp3) is 0.643. The minimum atomic E-state index is -0.0538. The Morgan fingerprint density at radius 1 is 1.44 bits per heavy atom. The van der Waals surface area contributed by atoms with Crippen molar-refractivity contribution < 1.29 is 9.21 Å². The lowest BCUT2D eigenvalue weighted by Gasteiger charge is -2.34. The Hall–Kier alpha value is -1.29. The molecule has 0 radical (unpaired) electrons. The molecule has 1 amide bonds. The average Bonchev–Trinajstić information content (AvgIpc) is 2.80. The van der Waals surface area contributed by atoms with Gasteiger partial charge in [0.2, 0.25) is 0 Å². The van der Waals surface area contributed by atoms with Crippen LogP contribution in [-0.2, 0) is 0 Å². The van der Waals surface area contributed by atoms with Crippen LogP contribution in [0.5, 0.6) is 0 Å². The number of rotatable bonds is 4. The van der Waals surface area contributed by atoms with Gasteiger partial charge in [-0.05, 0) is 24.3 Å². The third-order valence-electron chi connectivity index (χ3n) is 3.44. The van der Waals surface area contributed by atoms with E-state index in [-0.39, 0.29) is 5.91 Å². The number of carbonyl (C=O) groups excluding carboxylic acids is 1. The molecule has 0 aromatic carbocycles. The van der Waals surface area contributed by atoms with Gasteiger partial charge in [0.1, 0.15) is 6.26 Å². The Kier molecular flexibility index (Phi) is 4.42. The first-order valence-electron chi connectivity index (χ1n) is 6.68. The molecular weight excluding hydrogens is 228 g/mol. The molecule has 18 heavy (non-hydrogen) atoms. The molecule has 1 aromatic rings. The zero-order valence-electron chi connectivity index (χ0n) is 11.2. The summed E-state index contributed by atoms with van der Waals surface area (Å²) < 4.78 is 4.89. The van der Waals surface area contributed by atoms with Gasteiger partial charge in [0, 0.05) is 26.2 Å². The van der Waals surface area contributed by atoms with Crippen LogP contribution in [0.1, 0.15) is 30.6 Å². The third kappa shape index (κ3) is 3.60. The second-order valence-electron chi connectivity index (χ2n) is 5.47. The second-order valence-corrected chi connectivity index (χ2v) is 5.47. The molecule has 100 valence electrons. The van der Waals surface area contributed by atoms with Gasteiger partial charge in [-0.3, -0.25) is 4.79 Å². The van der Waals surface area contributed by atoms with Gasteiger partial charge in [0.25, 0.3) is 5.91 Å². The number of amides is 1. The zero-order valence-corrected chi connectivity index (χ0v) is 11.2. The highest BCUT2D eigenvalue weighted by Crippen LogP contribution is 2.20. The highest BCUT2D eigenvalue weighted by atomic mass is 16.3.